The van der Waals surface area contributed by atoms with Gasteiger partial charge < -0.3 is 25.9 Å². The molecule has 2 heterocycles. The van der Waals surface area contributed by atoms with Crippen LogP contribution < -0.4 is 16.4 Å². The SMILES string of the molecule is NC(N)=NC(=O)OCc1cccc(-c2cnc(N3CC(=NOCCCF)C3)nc2)c1F. The Labute approximate surface area is 176 Å². The van der Waals surface area contributed by atoms with E-state index >= 15 is 0 Å². The van der Waals surface area contributed by atoms with Crippen molar-refractivity contribution in [2.24, 2.45) is 21.6 Å². The van der Waals surface area contributed by atoms with E-state index in [1.54, 1.807) is 12.1 Å². The number of benzene rings is 1. The minimum atomic E-state index is -1.01. The number of amides is 1. The largest absolute Gasteiger partial charge is 0.443 e. The number of carbonyl (C=O) groups is 1. The molecule has 1 saturated heterocycles. The van der Waals surface area contributed by atoms with Crippen molar-refractivity contribution in [3.8, 4) is 11.1 Å². The van der Waals surface area contributed by atoms with Crippen LogP contribution in [0.25, 0.3) is 11.1 Å². The van der Waals surface area contributed by atoms with Gasteiger partial charge in [-0.3, -0.25) is 4.39 Å². The van der Waals surface area contributed by atoms with E-state index in [9.17, 15) is 13.6 Å². The minimum Gasteiger partial charge on any atom is -0.443 e. The van der Waals surface area contributed by atoms with Gasteiger partial charge in [-0.25, -0.2) is 19.2 Å². The molecule has 1 aliphatic heterocycles. The summed E-state index contributed by atoms with van der Waals surface area (Å²) >= 11 is 0. The third-order valence-corrected chi connectivity index (χ3v) is 4.19. The van der Waals surface area contributed by atoms with Gasteiger partial charge >= 0.3 is 6.09 Å². The van der Waals surface area contributed by atoms with E-state index in [1.165, 1.54) is 18.5 Å². The zero-order chi connectivity index (χ0) is 22.2. The molecule has 0 aliphatic carbocycles. The van der Waals surface area contributed by atoms with Crippen molar-refractivity contribution in [3.05, 3.63) is 42.0 Å². The van der Waals surface area contributed by atoms with Crippen LogP contribution in [0.5, 0.6) is 0 Å². The number of carbonyl (C=O) groups excluding carboxylic acids is 1. The number of aliphatic imine (C=N–C) groups is 1. The van der Waals surface area contributed by atoms with Gasteiger partial charge in [-0.2, -0.15) is 0 Å². The first-order chi connectivity index (χ1) is 15.0. The molecule has 0 spiro atoms. The summed E-state index contributed by atoms with van der Waals surface area (Å²) in [5.41, 5.74) is 11.9. The predicted molar refractivity (Wildman–Crippen MR) is 110 cm³/mol. The molecule has 0 saturated carbocycles. The van der Waals surface area contributed by atoms with Crippen molar-refractivity contribution in [1.82, 2.24) is 9.97 Å². The number of hydrogen-bond donors (Lipinski definition) is 2. The normalized spacial score (nSPS) is 12.7. The fourth-order valence-electron chi connectivity index (χ4n) is 2.66. The fourth-order valence-corrected chi connectivity index (χ4v) is 2.66. The first-order valence-electron chi connectivity index (χ1n) is 9.32. The van der Waals surface area contributed by atoms with Crippen LogP contribution in [0.15, 0.2) is 40.7 Å². The molecule has 0 radical (unpaired) electrons. The maximum absolute atomic E-state index is 14.8. The Balaban J connectivity index is 1.61. The number of nitrogens with two attached hydrogens (primary N) is 2. The molecule has 12 heteroatoms. The molecule has 1 fully saturated rings. The highest BCUT2D eigenvalue weighted by atomic mass is 19.1. The summed E-state index contributed by atoms with van der Waals surface area (Å²) in [6.07, 6.45) is 2.30. The molecular formula is C19H21F2N7O3. The van der Waals surface area contributed by atoms with Gasteiger partial charge in [-0.1, -0.05) is 23.4 Å². The standard InChI is InChI=1S/C19H21F2N7O3/c20-5-2-6-31-27-14-9-28(10-14)18-24-7-13(8-25-18)15-4-1-3-12(16(15)21)11-30-19(29)26-17(22)23/h1,3-4,7-8H,2,5-6,9-11H2,(H4,22,23,26,29). The van der Waals surface area contributed by atoms with E-state index in [1.807, 2.05) is 4.90 Å². The molecule has 4 N–H and O–H groups in total. The number of alkyl halides is 1. The van der Waals surface area contributed by atoms with Crippen LogP contribution in [-0.4, -0.2) is 54.1 Å². The number of oxime groups is 1. The van der Waals surface area contributed by atoms with Crippen LogP contribution >= 0.6 is 0 Å². The van der Waals surface area contributed by atoms with Gasteiger partial charge in [-0.05, 0) is 0 Å². The van der Waals surface area contributed by atoms with Crippen LogP contribution in [0.1, 0.15) is 12.0 Å². The lowest BCUT2D eigenvalue weighted by Crippen LogP contribution is -2.48. The molecule has 2 aromatic rings. The topological polar surface area (TPSA) is 141 Å². The summed E-state index contributed by atoms with van der Waals surface area (Å²) in [5.74, 6) is -0.546. The Bertz CT molecular complexity index is 971. The summed E-state index contributed by atoms with van der Waals surface area (Å²) in [5, 5.41) is 3.92. The number of guanidine groups is 1. The van der Waals surface area contributed by atoms with Crippen molar-refractivity contribution in [3.63, 3.8) is 0 Å². The lowest BCUT2D eigenvalue weighted by molar-refractivity contribution is 0.134. The van der Waals surface area contributed by atoms with Crippen LogP contribution in [0, 0.1) is 5.82 Å². The lowest BCUT2D eigenvalue weighted by Gasteiger charge is -2.31. The van der Waals surface area contributed by atoms with Crippen LogP contribution in [0.2, 0.25) is 0 Å². The molecule has 0 bridgehead atoms. The van der Waals surface area contributed by atoms with E-state index < -0.39 is 24.5 Å². The lowest BCUT2D eigenvalue weighted by atomic mass is 10.1. The molecule has 10 nitrogen and oxygen atoms in total. The summed E-state index contributed by atoms with van der Waals surface area (Å²) in [7, 11) is 0. The highest BCUT2D eigenvalue weighted by Crippen LogP contribution is 2.26. The fraction of sp³-hybridized carbons (Fsp3) is 0.316. The summed E-state index contributed by atoms with van der Waals surface area (Å²) in [4.78, 5) is 30.0. The molecular weight excluding hydrogens is 412 g/mol. The smallest absolute Gasteiger partial charge is 0.437 e. The number of rotatable bonds is 8. The van der Waals surface area contributed by atoms with Crippen LogP contribution in [-0.2, 0) is 16.2 Å². The Hall–Kier alpha value is -3.83. The highest BCUT2D eigenvalue weighted by Gasteiger charge is 2.25. The number of hydrogen-bond acceptors (Lipinski definition) is 7. The molecule has 0 atom stereocenters. The van der Waals surface area contributed by atoms with E-state index in [2.05, 4.69) is 20.1 Å². The number of nitrogens with zero attached hydrogens (tertiary/aromatic N) is 5. The third-order valence-electron chi connectivity index (χ3n) is 4.19. The molecule has 1 amide bonds. The Morgan fingerprint density at radius 2 is 1.97 bits per heavy atom. The van der Waals surface area contributed by atoms with Crippen molar-refractivity contribution >= 4 is 23.7 Å². The summed E-state index contributed by atoms with van der Waals surface area (Å²) in [6.45, 7) is 0.463. The Morgan fingerprint density at radius 1 is 1.23 bits per heavy atom. The molecule has 1 aromatic carbocycles. The van der Waals surface area contributed by atoms with Gasteiger partial charge in [0.15, 0.2) is 5.96 Å². The van der Waals surface area contributed by atoms with Crippen molar-refractivity contribution in [1.29, 1.82) is 0 Å². The number of ether oxygens (including phenoxy) is 1. The van der Waals surface area contributed by atoms with E-state index in [0.29, 0.717) is 31.0 Å². The second-order valence-corrected chi connectivity index (χ2v) is 6.53. The maximum atomic E-state index is 14.8. The van der Waals surface area contributed by atoms with Crippen molar-refractivity contribution < 1.29 is 23.1 Å². The number of aromatic nitrogens is 2. The van der Waals surface area contributed by atoms with Gasteiger partial charge in [0.2, 0.25) is 5.95 Å². The zero-order valence-electron chi connectivity index (χ0n) is 16.5. The van der Waals surface area contributed by atoms with Gasteiger partial charge in [0.1, 0.15) is 19.0 Å². The highest BCUT2D eigenvalue weighted by molar-refractivity contribution is 5.98. The Morgan fingerprint density at radius 3 is 2.65 bits per heavy atom. The monoisotopic (exact) mass is 433 g/mol. The third kappa shape index (κ3) is 5.84. The molecule has 1 aliphatic rings. The predicted octanol–water partition coefficient (Wildman–Crippen LogP) is 1.74. The summed E-state index contributed by atoms with van der Waals surface area (Å²) in [6, 6.07) is 4.67. The molecule has 164 valence electrons. The average molecular weight is 433 g/mol. The molecule has 31 heavy (non-hydrogen) atoms. The second-order valence-electron chi connectivity index (χ2n) is 6.53. The average Bonchev–Trinajstić information content (AvgIpc) is 2.71. The van der Waals surface area contributed by atoms with Gasteiger partial charge in [0.25, 0.3) is 0 Å². The summed E-state index contributed by atoms with van der Waals surface area (Å²) < 4.78 is 31.7. The van der Waals surface area contributed by atoms with Crippen LogP contribution in [0.4, 0.5) is 19.5 Å². The van der Waals surface area contributed by atoms with Gasteiger partial charge in [0, 0.05) is 35.5 Å². The molecule has 3 rings (SSSR count). The first kappa shape index (κ1) is 21.9. The van der Waals surface area contributed by atoms with Crippen molar-refractivity contribution in [2.45, 2.75) is 13.0 Å². The Kier molecular flexibility index (Phi) is 7.25. The van der Waals surface area contributed by atoms with Crippen LogP contribution in [0.3, 0.4) is 0 Å². The minimum absolute atomic E-state index is 0.150. The number of anilines is 1. The first-order valence-corrected chi connectivity index (χ1v) is 9.32. The van der Waals surface area contributed by atoms with E-state index in [0.717, 1.165) is 5.71 Å². The maximum Gasteiger partial charge on any atom is 0.437 e. The molecule has 0 unspecified atom stereocenters. The van der Waals surface area contributed by atoms with E-state index in [-0.39, 0.29) is 24.3 Å². The zero-order valence-corrected chi connectivity index (χ0v) is 16.5. The number of halogens is 2. The second kappa shape index (κ2) is 10.3. The van der Waals surface area contributed by atoms with Gasteiger partial charge in [0.05, 0.1) is 25.5 Å². The van der Waals surface area contributed by atoms with Crippen molar-refractivity contribution in [2.75, 3.05) is 31.3 Å². The quantitative estimate of drug-likeness (QED) is 0.278. The van der Waals surface area contributed by atoms with Gasteiger partial charge in [-0.15, -0.1) is 4.99 Å². The van der Waals surface area contributed by atoms with E-state index in [4.69, 9.17) is 21.0 Å². The molecule has 1 aromatic heterocycles.